The van der Waals surface area contributed by atoms with E-state index in [1.807, 2.05) is 73.8 Å². The van der Waals surface area contributed by atoms with E-state index >= 15 is 0 Å². The molecule has 23 heavy (non-hydrogen) atoms. The lowest BCUT2D eigenvalue weighted by molar-refractivity contribution is 0.835. The topological polar surface area (TPSA) is 50.1 Å². The molecule has 0 aliphatic carbocycles. The van der Waals surface area contributed by atoms with Crippen LogP contribution in [0.15, 0.2) is 64.4 Å². The number of aliphatic imine (C=N–C) groups is 1. The van der Waals surface area contributed by atoms with Crippen molar-refractivity contribution in [3.05, 3.63) is 81.8 Å². The molecule has 1 aliphatic rings. The van der Waals surface area contributed by atoms with E-state index in [9.17, 15) is 4.79 Å². The van der Waals surface area contributed by atoms with Crippen LogP contribution < -0.4 is 5.56 Å². The summed E-state index contributed by atoms with van der Waals surface area (Å²) in [6, 6.07) is 17.5. The zero-order valence-corrected chi connectivity index (χ0v) is 12.7. The molecule has 0 bridgehead atoms. The van der Waals surface area contributed by atoms with Gasteiger partial charge in [-0.05, 0) is 31.2 Å². The van der Waals surface area contributed by atoms with Crippen molar-refractivity contribution in [2.75, 3.05) is 0 Å². The van der Waals surface area contributed by atoms with E-state index in [4.69, 9.17) is 0 Å². The number of fused-ring (bicyclic) bond motifs is 1. The molecule has 0 atom stereocenters. The number of benzene rings is 2. The van der Waals surface area contributed by atoms with Gasteiger partial charge in [0, 0.05) is 23.0 Å². The third-order valence-electron chi connectivity index (χ3n) is 3.99. The first-order valence-corrected chi connectivity index (χ1v) is 7.46. The van der Waals surface area contributed by atoms with Crippen molar-refractivity contribution < 1.29 is 0 Å². The molecule has 0 saturated carbocycles. The minimum atomic E-state index is -0.0565. The monoisotopic (exact) mass is 301 g/mol. The maximum Gasteiger partial charge on any atom is 0.278 e. The zero-order chi connectivity index (χ0) is 15.8. The lowest BCUT2D eigenvalue weighted by Gasteiger charge is -1.99. The summed E-state index contributed by atoms with van der Waals surface area (Å²) in [5.74, 6) is 0. The van der Waals surface area contributed by atoms with Crippen LogP contribution in [0.2, 0.25) is 0 Å². The van der Waals surface area contributed by atoms with Gasteiger partial charge in [-0.1, -0.05) is 36.4 Å². The second-order valence-corrected chi connectivity index (χ2v) is 5.50. The van der Waals surface area contributed by atoms with E-state index in [-0.39, 0.29) is 5.56 Å². The number of aromatic nitrogens is 2. The number of hydrogen-bond acceptors (Lipinski definition) is 2. The van der Waals surface area contributed by atoms with E-state index in [0.717, 1.165) is 28.2 Å². The molecule has 4 rings (SSSR count). The third kappa shape index (κ3) is 2.25. The van der Waals surface area contributed by atoms with Gasteiger partial charge in [-0.25, -0.2) is 4.68 Å². The zero-order valence-electron chi connectivity index (χ0n) is 12.7. The lowest BCUT2D eigenvalue weighted by atomic mass is 10.0. The Morgan fingerprint density at radius 2 is 1.78 bits per heavy atom. The summed E-state index contributed by atoms with van der Waals surface area (Å²) in [6.07, 6.45) is 3.71. The van der Waals surface area contributed by atoms with Crippen molar-refractivity contribution >= 4 is 23.6 Å². The number of hydrogen-bond donors (Lipinski definition) is 1. The number of para-hydroxylation sites is 2. The van der Waals surface area contributed by atoms with Gasteiger partial charge in [-0.3, -0.25) is 14.9 Å². The van der Waals surface area contributed by atoms with E-state index in [1.54, 1.807) is 4.68 Å². The highest BCUT2D eigenvalue weighted by Crippen LogP contribution is 2.32. The SMILES string of the molecule is Cc1[nH]n(-c2ccccc2)c(=O)c1C=C1C=Nc2ccccc21. The van der Waals surface area contributed by atoms with Crippen molar-refractivity contribution in [2.45, 2.75) is 6.92 Å². The van der Waals surface area contributed by atoms with Crippen molar-refractivity contribution in [2.24, 2.45) is 4.99 Å². The van der Waals surface area contributed by atoms with E-state index in [1.165, 1.54) is 0 Å². The molecule has 4 heteroatoms. The van der Waals surface area contributed by atoms with Gasteiger partial charge in [0.1, 0.15) is 0 Å². The molecule has 0 fully saturated rings. The summed E-state index contributed by atoms with van der Waals surface area (Å²) in [7, 11) is 0. The number of nitrogens with zero attached hydrogens (tertiary/aromatic N) is 2. The Hall–Kier alpha value is -3.14. The molecule has 1 aromatic heterocycles. The molecule has 0 amide bonds. The average molecular weight is 301 g/mol. The van der Waals surface area contributed by atoms with Crippen LogP contribution in [-0.4, -0.2) is 16.0 Å². The molecule has 3 aromatic rings. The van der Waals surface area contributed by atoms with Gasteiger partial charge in [0.25, 0.3) is 5.56 Å². The van der Waals surface area contributed by atoms with Gasteiger partial charge < -0.3 is 0 Å². The Morgan fingerprint density at radius 1 is 1.04 bits per heavy atom. The third-order valence-corrected chi connectivity index (χ3v) is 3.99. The average Bonchev–Trinajstić information content (AvgIpc) is 3.12. The maximum absolute atomic E-state index is 12.7. The van der Waals surface area contributed by atoms with Gasteiger partial charge in [-0.2, -0.15) is 0 Å². The first kappa shape index (κ1) is 13.5. The molecule has 2 heterocycles. The predicted octanol–water partition coefficient (Wildman–Crippen LogP) is 3.73. The van der Waals surface area contributed by atoms with Crippen LogP contribution in [-0.2, 0) is 0 Å². The van der Waals surface area contributed by atoms with Crippen molar-refractivity contribution in [1.82, 2.24) is 9.78 Å². The quantitative estimate of drug-likeness (QED) is 0.770. The smallest absolute Gasteiger partial charge is 0.278 e. The number of nitrogens with one attached hydrogen (secondary N) is 1. The van der Waals surface area contributed by atoms with Gasteiger partial charge in [0.2, 0.25) is 0 Å². The molecular formula is C19H15N3O. The number of aryl methyl sites for hydroxylation is 1. The van der Waals surface area contributed by atoms with E-state index < -0.39 is 0 Å². The standard InChI is InChI=1S/C19H15N3O/c1-13-17(11-14-12-20-18-10-6-5-9-16(14)18)19(23)22(21-13)15-7-3-2-4-8-15/h2-12,21H,1H3. The maximum atomic E-state index is 12.7. The number of H-pyrrole nitrogens is 1. The first-order valence-electron chi connectivity index (χ1n) is 7.46. The Balaban J connectivity index is 1.83. The van der Waals surface area contributed by atoms with Crippen molar-refractivity contribution in [3.8, 4) is 5.69 Å². The highest BCUT2D eigenvalue weighted by molar-refractivity contribution is 6.21. The Morgan fingerprint density at radius 3 is 2.61 bits per heavy atom. The van der Waals surface area contributed by atoms with Crippen LogP contribution in [0.5, 0.6) is 0 Å². The molecule has 1 aliphatic heterocycles. The Kier molecular flexibility index (Phi) is 3.08. The molecule has 0 unspecified atom stereocenters. The Labute approximate surface area is 133 Å². The fraction of sp³-hybridized carbons (Fsp3) is 0.0526. The molecule has 4 nitrogen and oxygen atoms in total. The van der Waals surface area contributed by atoms with Gasteiger partial charge in [0.05, 0.1) is 16.9 Å². The largest absolute Gasteiger partial charge is 0.295 e. The van der Waals surface area contributed by atoms with Gasteiger partial charge in [0.15, 0.2) is 0 Å². The van der Waals surface area contributed by atoms with Crippen molar-refractivity contribution in [1.29, 1.82) is 0 Å². The summed E-state index contributed by atoms with van der Waals surface area (Å²) in [5.41, 5.74) is 5.22. The summed E-state index contributed by atoms with van der Waals surface area (Å²) in [4.78, 5) is 17.1. The van der Waals surface area contributed by atoms with Crippen LogP contribution in [0.3, 0.4) is 0 Å². The van der Waals surface area contributed by atoms with Crippen LogP contribution in [0.4, 0.5) is 5.69 Å². The van der Waals surface area contributed by atoms with Crippen LogP contribution in [0, 0.1) is 6.92 Å². The highest BCUT2D eigenvalue weighted by Gasteiger charge is 2.15. The molecule has 2 aromatic carbocycles. The highest BCUT2D eigenvalue weighted by atomic mass is 16.1. The van der Waals surface area contributed by atoms with Gasteiger partial charge in [-0.15, -0.1) is 0 Å². The fourth-order valence-corrected chi connectivity index (χ4v) is 2.80. The summed E-state index contributed by atoms with van der Waals surface area (Å²) in [6.45, 7) is 1.91. The minimum absolute atomic E-state index is 0.0565. The molecule has 0 spiro atoms. The van der Waals surface area contributed by atoms with Crippen molar-refractivity contribution in [3.63, 3.8) is 0 Å². The van der Waals surface area contributed by atoms with Crippen LogP contribution >= 0.6 is 0 Å². The molecule has 0 radical (unpaired) electrons. The summed E-state index contributed by atoms with van der Waals surface area (Å²) < 4.78 is 1.57. The second-order valence-electron chi connectivity index (χ2n) is 5.50. The summed E-state index contributed by atoms with van der Waals surface area (Å²) in [5, 5.41) is 3.14. The van der Waals surface area contributed by atoms with Gasteiger partial charge >= 0.3 is 0 Å². The first-order chi connectivity index (χ1) is 11.2. The summed E-state index contributed by atoms with van der Waals surface area (Å²) >= 11 is 0. The van der Waals surface area contributed by atoms with E-state index in [2.05, 4.69) is 10.1 Å². The molecule has 1 N–H and O–H groups in total. The Bertz CT molecular complexity index is 991. The van der Waals surface area contributed by atoms with E-state index in [0.29, 0.717) is 5.56 Å². The molecule has 0 saturated heterocycles. The predicted molar refractivity (Wildman–Crippen MR) is 93.6 cm³/mol. The molecule has 112 valence electrons. The van der Waals surface area contributed by atoms with Crippen LogP contribution in [0.1, 0.15) is 16.8 Å². The number of aromatic amines is 1. The molecular weight excluding hydrogens is 286 g/mol. The lowest BCUT2D eigenvalue weighted by Crippen LogP contribution is -2.15. The minimum Gasteiger partial charge on any atom is -0.295 e. The number of allylic oxidation sites excluding steroid dienone is 1. The normalized spacial score (nSPS) is 14.4. The van der Waals surface area contributed by atoms with Crippen LogP contribution in [0.25, 0.3) is 17.3 Å². The number of rotatable bonds is 2. The second kappa shape index (κ2) is 5.25. The fourth-order valence-electron chi connectivity index (χ4n) is 2.80.